The van der Waals surface area contributed by atoms with Gasteiger partial charge in [-0.2, -0.15) is 0 Å². The van der Waals surface area contributed by atoms with Gasteiger partial charge < -0.3 is 5.11 Å². The Hall–Kier alpha value is -2.67. The van der Waals surface area contributed by atoms with Crippen molar-refractivity contribution in [2.75, 3.05) is 0 Å². The first-order valence-corrected chi connectivity index (χ1v) is 8.71. The minimum absolute atomic E-state index is 0.0214. The zero-order valence-electron chi connectivity index (χ0n) is 13.4. The first-order chi connectivity index (χ1) is 11.2. The lowest BCUT2D eigenvalue weighted by molar-refractivity contribution is 0.0689. The van der Waals surface area contributed by atoms with Gasteiger partial charge in [0.2, 0.25) is 0 Å². The van der Waals surface area contributed by atoms with Crippen molar-refractivity contribution in [1.82, 2.24) is 8.96 Å². The number of benzene rings is 1. The number of aryl methyl sites for hydroxylation is 3. The van der Waals surface area contributed by atoms with E-state index in [1.54, 1.807) is 25.1 Å². The molecule has 0 spiro atoms. The monoisotopic (exact) mass is 344 g/mol. The van der Waals surface area contributed by atoms with Crippen molar-refractivity contribution in [3.63, 3.8) is 0 Å². The molecule has 2 aromatic heterocycles. The predicted octanol–water partition coefficient (Wildman–Crippen LogP) is 2.90. The average Bonchev–Trinajstić information content (AvgIpc) is 2.87. The van der Waals surface area contributed by atoms with Crippen molar-refractivity contribution in [3.05, 3.63) is 58.9 Å². The number of carboxylic acid groups (broad SMARTS) is 1. The molecule has 0 saturated heterocycles. The van der Waals surface area contributed by atoms with Crippen LogP contribution in [0.15, 0.2) is 41.3 Å². The molecule has 0 atom stereocenters. The van der Waals surface area contributed by atoms with Crippen LogP contribution >= 0.6 is 0 Å². The van der Waals surface area contributed by atoms with Crippen molar-refractivity contribution in [1.29, 1.82) is 0 Å². The molecule has 6 nitrogen and oxygen atoms in total. The first kappa shape index (κ1) is 16.2. The fourth-order valence-corrected chi connectivity index (χ4v) is 3.96. The van der Waals surface area contributed by atoms with Gasteiger partial charge in [-0.05, 0) is 50.6 Å². The third-order valence-corrected chi connectivity index (χ3v) is 5.67. The Morgan fingerprint density at radius 2 is 1.71 bits per heavy atom. The molecule has 1 N–H and O–H groups in total. The minimum atomic E-state index is -4.07. The number of fused-ring (bicyclic) bond motifs is 1. The molecule has 7 heteroatoms. The molecule has 0 saturated carbocycles. The third-order valence-electron chi connectivity index (χ3n) is 3.96. The van der Waals surface area contributed by atoms with Crippen molar-refractivity contribution >= 4 is 27.0 Å². The van der Waals surface area contributed by atoms with Crippen LogP contribution in [0.1, 0.15) is 27.3 Å². The molecular weight excluding hydrogens is 328 g/mol. The molecule has 3 rings (SSSR count). The number of hydrogen-bond acceptors (Lipinski definition) is 4. The van der Waals surface area contributed by atoms with Crippen LogP contribution in [0.3, 0.4) is 0 Å². The standard InChI is InChI=1S/C17H16N2O4S/c1-10-4-6-14(7-5-10)24(22,23)19-15(17(20)21)9-13-8-11(2)12(3)18-16(13)19/h4-9H,1-3H3,(H,20,21). The third kappa shape index (κ3) is 2.46. The van der Waals surface area contributed by atoms with Gasteiger partial charge in [0.05, 0.1) is 4.90 Å². The van der Waals surface area contributed by atoms with Crippen molar-refractivity contribution in [3.8, 4) is 0 Å². The van der Waals surface area contributed by atoms with Crippen LogP contribution in [0, 0.1) is 20.8 Å². The number of rotatable bonds is 3. The minimum Gasteiger partial charge on any atom is -0.477 e. The van der Waals surface area contributed by atoms with Crippen LogP contribution in [0.2, 0.25) is 0 Å². The molecule has 0 fully saturated rings. The lowest BCUT2D eigenvalue weighted by atomic mass is 10.2. The summed E-state index contributed by atoms with van der Waals surface area (Å²) in [7, 11) is -4.07. The SMILES string of the molecule is Cc1ccc(S(=O)(=O)n2c(C(=O)O)cc3cc(C)c(C)nc32)cc1. The summed E-state index contributed by atoms with van der Waals surface area (Å²) in [6.07, 6.45) is 0. The summed E-state index contributed by atoms with van der Waals surface area (Å²) in [6, 6.07) is 9.34. The molecule has 0 bridgehead atoms. The summed E-state index contributed by atoms with van der Waals surface area (Å²) in [4.78, 5) is 15.9. The number of hydrogen-bond donors (Lipinski definition) is 1. The summed E-state index contributed by atoms with van der Waals surface area (Å²) >= 11 is 0. The van der Waals surface area contributed by atoms with Gasteiger partial charge in [-0.1, -0.05) is 17.7 Å². The average molecular weight is 344 g/mol. The first-order valence-electron chi connectivity index (χ1n) is 7.27. The highest BCUT2D eigenvalue weighted by atomic mass is 32.2. The summed E-state index contributed by atoms with van der Waals surface area (Å²) in [5.41, 5.74) is 2.22. The second-order valence-electron chi connectivity index (χ2n) is 5.72. The van der Waals surface area contributed by atoms with E-state index in [2.05, 4.69) is 4.98 Å². The van der Waals surface area contributed by atoms with E-state index in [9.17, 15) is 18.3 Å². The molecule has 0 amide bonds. The van der Waals surface area contributed by atoms with Crippen LogP contribution in [0.5, 0.6) is 0 Å². The molecule has 0 unspecified atom stereocenters. The highest BCUT2D eigenvalue weighted by molar-refractivity contribution is 7.90. The van der Waals surface area contributed by atoms with Crippen LogP contribution < -0.4 is 0 Å². The Balaban J connectivity index is 2.39. The van der Waals surface area contributed by atoms with E-state index in [1.165, 1.54) is 18.2 Å². The zero-order valence-corrected chi connectivity index (χ0v) is 14.3. The lowest BCUT2D eigenvalue weighted by Crippen LogP contribution is -2.19. The zero-order chi connectivity index (χ0) is 17.6. The summed E-state index contributed by atoms with van der Waals surface area (Å²) in [5, 5.41) is 9.92. The molecular formula is C17H16N2O4S. The van der Waals surface area contributed by atoms with E-state index in [-0.39, 0.29) is 16.2 Å². The molecule has 0 aliphatic heterocycles. The molecule has 0 aliphatic rings. The van der Waals surface area contributed by atoms with Crippen LogP contribution in [0.25, 0.3) is 11.0 Å². The number of aromatic nitrogens is 2. The van der Waals surface area contributed by atoms with E-state index >= 15 is 0 Å². The molecule has 24 heavy (non-hydrogen) atoms. The van der Waals surface area contributed by atoms with Gasteiger partial charge in [-0.3, -0.25) is 0 Å². The van der Waals surface area contributed by atoms with Crippen LogP contribution in [0.4, 0.5) is 0 Å². The van der Waals surface area contributed by atoms with Crippen molar-refractivity contribution < 1.29 is 18.3 Å². The lowest BCUT2D eigenvalue weighted by Gasteiger charge is -2.10. The van der Waals surface area contributed by atoms with Crippen LogP contribution in [-0.4, -0.2) is 28.5 Å². The topological polar surface area (TPSA) is 89.3 Å². The maximum absolute atomic E-state index is 13.0. The Kier molecular flexibility index (Phi) is 3.68. The van der Waals surface area contributed by atoms with Gasteiger partial charge >= 0.3 is 5.97 Å². The fraction of sp³-hybridized carbons (Fsp3) is 0.176. The number of carbonyl (C=O) groups is 1. The van der Waals surface area contributed by atoms with E-state index in [4.69, 9.17) is 0 Å². The molecule has 3 aromatic rings. The Morgan fingerprint density at radius 3 is 2.29 bits per heavy atom. The van der Waals surface area contributed by atoms with Gasteiger partial charge in [0.25, 0.3) is 10.0 Å². The molecule has 0 radical (unpaired) electrons. The van der Waals surface area contributed by atoms with E-state index < -0.39 is 16.0 Å². The molecule has 2 heterocycles. The number of carboxylic acids is 1. The van der Waals surface area contributed by atoms with Crippen molar-refractivity contribution in [2.45, 2.75) is 25.7 Å². The van der Waals surface area contributed by atoms with E-state index in [0.717, 1.165) is 15.1 Å². The number of pyridine rings is 1. The normalized spacial score (nSPS) is 11.8. The van der Waals surface area contributed by atoms with Gasteiger partial charge in [0, 0.05) is 11.1 Å². The Labute approximate surface area is 139 Å². The van der Waals surface area contributed by atoms with Crippen LogP contribution in [-0.2, 0) is 10.0 Å². The quantitative estimate of drug-likeness (QED) is 0.789. The molecule has 0 aliphatic carbocycles. The molecule has 124 valence electrons. The smallest absolute Gasteiger partial charge is 0.353 e. The van der Waals surface area contributed by atoms with Crippen molar-refractivity contribution in [2.24, 2.45) is 0 Å². The largest absolute Gasteiger partial charge is 0.477 e. The Bertz CT molecular complexity index is 1060. The van der Waals surface area contributed by atoms with Gasteiger partial charge in [-0.25, -0.2) is 22.2 Å². The number of nitrogens with zero attached hydrogens (tertiary/aromatic N) is 2. The van der Waals surface area contributed by atoms with Gasteiger partial charge in [0.1, 0.15) is 5.69 Å². The summed E-state index contributed by atoms with van der Waals surface area (Å²) in [6.45, 7) is 5.44. The van der Waals surface area contributed by atoms with E-state index in [0.29, 0.717) is 11.1 Å². The fourth-order valence-electron chi connectivity index (χ4n) is 2.51. The number of aromatic carboxylic acids is 1. The predicted molar refractivity (Wildman–Crippen MR) is 89.9 cm³/mol. The summed E-state index contributed by atoms with van der Waals surface area (Å²) in [5.74, 6) is -1.32. The van der Waals surface area contributed by atoms with Gasteiger partial charge in [-0.15, -0.1) is 0 Å². The highest BCUT2D eigenvalue weighted by Gasteiger charge is 2.27. The van der Waals surface area contributed by atoms with E-state index in [1.807, 2.05) is 13.8 Å². The second-order valence-corrected chi connectivity index (χ2v) is 7.51. The van der Waals surface area contributed by atoms with Gasteiger partial charge in [0.15, 0.2) is 5.65 Å². The maximum atomic E-state index is 13.0. The maximum Gasteiger partial charge on any atom is 0.353 e. The second kappa shape index (κ2) is 5.45. The highest BCUT2D eigenvalue weighted by Crippen LogP contribution is 2.26. The Morgan fingerprint density at radius 1 is 1.08 bits per heavy atom. The summed E-state index contributed by atoms with van der Waals surface area (Å²) < 4.78 is 26.8. The molecule has 1 aromatic carbocycles.